The lowest BCUT2D eigenvalue weighted by molar-refractivity contribution is 0.471. The fourth-order valence-corrected chi connectivity index (χ4v) is 2.60. The maximum absolute atomic E-state index is 10.1. The predicted octanol–water partition coefficient (Wildman–Crippen LogP) is 4.68. The number of rotatable bonds is 1. The maximum atomic E-state index is 10.1. The summed E-state index contributed by atoms with van der Waals surface area (Å²) in [5, 5.41) is 21.8. The summed E-state index contributed by atoms with van der Waals surface area (Å²) in [5.74, 6) is 0.416. The summed E-state index contributed by atoms with van der Waals surface area (Å²) in [7, 11) is 0. The third-order valence-corrected chi connectivity index (χ3v) is 3.78. The van der Waals surface area contributed by atoms with Crippen LogP contribution in [0.5, 0.6) is 11.5 Å². The summed E-state index contributed by atoms with van der Waals surface area (Å²) in [6.07, 6.45) is 0. The van der Waals surface area contributed by atoms with Gasteiger partial charge in [-0.1, -0.05) is 36.4 Å². The molecule has 0 atom stereocenters. The molecule has 0 saturated carbocycles. The first kappa shape index (κ1) is 12.1. The van der Waals surface area contributed by atoms with Gasteiger partial charge in [-0.2, -0.15) is 0 Å². The Morgan fingerprint density at radius 3 is 2.32 bits per heavy atom. The zero-order chi connectivity index (χ0) is 13.4. The van der Waals surface area contributed by atoms with Crippen LogP contribution in [-0.4, -0.2) is 10.2 Å². The first-order valence-corrected chi connectivity index (χ1v) is 6.66. The van der Waals surface area contributed by atoms with Gasteiger partial charge in [0.2, 0.25) is 0 Å². The van der Waals surface area contributed by atoms with Crippen molar-refractivity contribution in [3.8, 4) is 22.6 Å². The van der Waals surface area contributed by atoms with Gasteiger partial charge in [-0.25, -0.2) is 0 Å². The Morgan fingerprint density at radius 1 is 0.789 bits per heavy atom. The Bertz CT molecular complexity index is 766. The number of hydrogen-bond acceptors (Lipinski definition) is 2. The molecule has 19 heavy (non-hydrogen) atoms. The Balaban J connectivity index is 2.34. The van der Waals surface area contributed by atoms with E-state index in [1.54, 1.807) is 24.3 Å². The van der Waals surface area contributed by atoms with Gasteiger partial charge < -0.3 is 10.2 Å². The lowest BCUT2D eigenvalue weighted by Gasteiger charge is -2.10. The Kier molecular flexibility index (Phi) is 2.91. The first-order valence-electron chi connectivity index (χ1n) is 5.86. The number of phenols is 2. The Hall–Kier alpha value is -2.00. The number of fused-ring (bicyclic) bond motifs is 1. The number of phenolic OH excluding ortho intramolecular Hbond substituents is 2. The van der Waals surface area contributed by atoms with Crippen molar-refractivity contribution >= 4 is 26.7 Å². The van der Waals surface area contributed by atoms with Crippen molar-refractivity contribution in [2.75, 3.05) is 0 Å². The molecular weight excluding hydrogens is 304 g/mol. The standard InChI is InChI=1S/C16H11BrO2/c17-13-9-11(6-7-14(13)18)16-12-4-2-1-3-10(12)5-8-15(16)19/h1-9,18-19H. The molecule has 0 spiro atoms. The van der Waals surface area contributed by atoms with Gasteiger partial charge in [0.1, 0.15) is 11.5 Å². The van der Waals surface area contributed by atoms with E-state index in [0.29, 0.717) is 4.47 Å². The molecule has 3 heteroatoms. The number of hydrogen-bond donors (Lipinski definition) is 2. The van der Waals surface area contributed by atoms with Crippen molar-refractivity contribution in [1.82, 2.24) is 0 Å². The van der Waals surface area contributed by atoms with E-state index in [4.69, 9.17) is 0 Å². The van der Waals surface area contributed by atoms with Gasteiger partial charge in [0.05, 0.1) is 4.47 Å². The van der Waals surface area contributed by atoms with Crippen LogP contribution in [0.4, 0.5) is 0 Å². The molecule has 0 aliphatic heterocycles. The van der Waals surface area contributed by atoms with Crippen LogP contribution < -0.4 is 0 Å². The fraction of sp³-hybridized carbons (Fsp3) is 0. The van der Waals surface area contributed by atoms with Crippen LogP contribution in [0.2, 0.25) is 0 Å². The fourth-order valence-electron chi connectivity index (χ4n) is 2.23. The molecule has 0 heterocycles. The zero-order valence-corrected chi connectivity index (χ0v) is 11.6. The molecule has 3 aromatic rings. The number of benzene rings is 3. The van der Waals surface area contributed by atoms with Gasteiger partial charge in [0, 0.05) is 5.56 Å². The maximum Gasteiger partial charge on any atom is 0.129 e. The lowest BCUT2D eigenvalue weighted by Crippen LogP contribution is -1.83. The van der Waals surface area contributed by atoms with Crippen molar-refractivity contribution in [1.29, 1.82) is 0 Å². The summed E-state index contributed by atoms with van der Waals surface area (Å²) in [6, 6.07) is 16.7. The third kappa shape index (κ3) is 2.06. The van der Waals surface area contributed by atoms with Crippen LogP contribution >= 0.6 is 15.9 Å². The molecule has 2 N–H and O–H groups in total. The van der Waals surface area contributed by atoms with Gasteiger partial charge in [-0.15, -0.1) is 0 Å². The normalized spacial score (nSPS) is 10.8. The van der Waals surface area contributed by atoms with E-state index in [-0.39, 0.29) is 11.5 Å². The van der Waals surface area contributed by atoms with Crippen LogP contribution in [0, 0.1) is 0 Å². The highest BCUT2D eigenvalue weighted by Gasteiger charge is 2.10. The second-order valence-electron chi connectivity index (χ2n) is 4.35. The topological polar surface area (TPSA) is 40.5 Å². The molecule has 0 saturated heterocycles. The monoisotopic (exact) mass is 314 g/mol. The second-order valence-corrected chi connectivity index (χ2v) is 5.20. The van der Waals surface area contributed by atoms with Gasteiger partial charge in [-0.05, 0) is 50.5 Å². The van der Waals surface area contributed by atoms with Crippen LogP contribution in [0.3, 0.4) is 0 Å². The summed E-state index contributed by atoms with van der Waals surface area (Å²) < 4.78 is 0.609. The Labute approximate surface area is 119 Å². The van der Waals surface area contributed by atoms with Crippen molar-refractivity contribution < 1.29 is 10.2 Å². The quantitative estimate of drug-likeness (QED) is 0.684. The average Bonchev–Trinajstić information content (AvgIpc) is 2.42. The molecule has 3 aromatic carbocycles. The van der Waals surface area contributed by atoms with E-state index >= 15 is 0 Å². The predicted molar refractivity (Wildman–Crippen MR) is 80.4 cm³/mol. The van der Waals surface area contributed by atoms with Crippen LogP contribution in [0.1, 0.15) is 0 Å². The van der Waals surface area contributed by atoms with Gasteiger partial charge in [0.25, 0.3) is 0 Å². The molecule has 2 nitrogen and oxygen atoms in total. The molecule has 0 aromatic heterocycles. The summed E-state index contributed by atoms with van der Waals surface area (Å²) >= 11 is 3.30. The minimum absolute atomic E-state index is 0.184. The molecule has 0 fully saturated rings. The van der Waals surface area contributed by atoms with E-state index in [1.165, 1.54) is 0 Å². The van der Waals surface area contributed by atoms with E-state index in [0.717, 1.165) is 21.9 Å². The summed E-state index contributed by atoms with van der Waals surface area (Å²) in [5.41, 5.74) is 1.64. The third-order valence-electron chi connectivity index (χ3n) is 3.14. The van der Waals surface area contributed by atoms with Crippen molar-refractivity contribution in [2.45, 2.75) is 0 Å². The van der Waals surface area contributed by atoms with E-state index < -0.39 is 0 Å². The largest absolute Gasteiger partial charge is 0.507 e. The molecule has 0 radical (unpaired) electrons. The molecule has 0 bridgehead atoms. The van der Waals surface area contributed by atoms with Crippen molar-refractivity contribution in [3.63, 3.8) is 0 Å². The zero-order valence-electron chi connectivity index (χ0n) is 9.97. The van der Waals surface area contributed by atoms with Gasteiger partial charge >= 0.3 is 0 Å². The minimum atomic E-state index is 0.184. The van der Waals surface area contributed by atoms with Crippen LogP contribution in [-0.2, 0) is 0 Å². The van der Waals surface area contributed by atoms with E-state index in [1.807, 2.05) is 30.3 Å². The highest BCUT2D eigenvalue weighted by atomic mass is 79.9. The molecule has 0 aliphatic carbocycles. The molecule has 0 amide bonds. The molecule has 0 aliphatic rings. The van der Waals surface area contributed by atoms with Crippen LogP contribution in [0.15, 0.2) is 59.1 Å². The van der Waals surface area contributed by atoms with Crippen molar-refractivity contribution in [3.05, 3.63) is 59.1 Å². The highest BCUT2D eigenvalue weighted by molar-refractivity contribution is 9.10. The average molecular weight is 315 g/mol. The summed E-state index contributed by atoms with van der Waals surface area (Å²) in [6.45, 7) is 0. The second kappa shape index (κ2) is 4.59. The molecule has 0 unspecified atom stereocenters. The van der Waals surface area contributed by atoms with Crippen LogP contribution in [0.25, 0.3) is 21.9 Å². The first-order chi connectivity index (χ1) is 9.16. The summed E-state index contributed by atoms with van der Waals surface area (Å²) in [4.78, 5) is 0. The minimum Gasteiger partial charge on any atom is -0.507 e. The number of halogens is 1. The smallest absolute Gasteiger partial charge is 0.129 e. The Morgan fingerprint density at radius 2 is 1.53 bits per heavy atom. The highest BCUT2D eigenvalue weighted by Crippen LogP contribution is 2.38. The number of aromatic hydroxyl groups is 2. The van der Waals surface area contributed by atoms with Gasteiger partial charge in [-0.3, -0.25) is 0 Å². The van der Waals surface area contributed by atoms with Crippen molar-refractivity contribution in [2.24, 2.45) is 0 Å². The molecule has 3 rings (SSSR count). The van der Waals surface area contributed by atoms with E-state index in [9.17, 15) is 10.2 Å². The van der Waals surface area contributed by atoms with Gasteiger partial charge in [0.15, 0.2) is 0 Å². The molecular formula is C16H11BrO2. The molecule has 94 valence electrons. The lowest BCUT2D eigenvalue weighted by atomic mass is 9.97. The SMILES string of the molecule is Oc1ccc(-c2c(O)ccc3ccccc23)cc1Br. The van der Waals surface area contributed by atoms with E-state index in [2.05, 4.69) is 15.9 Å².